The van der Waals surface area contributed by atoms with E-state index in [2.05, 4.69) is 0 Å². The SMILES string of the molecule is COc1cccc(-c2cc3cc(OC)ccc3o2)c1. The molecule has 3 aromatic rings. The van der Waals surface area contributed by atoms with Crippen LogP contribution in [0.4, 0.5) is 0 Å². The monoisotopic (exact) mass is 254 g/mol. The fourth-order valence-electron chi connectivity index (χ4n) is 2.07. The highest BCUT2D eigenvalue weighted by atomic mass is 16.5. The van der Waals surface area contributed by atoms with Gasteiger partial charge in [0, 0.05) is 10.9 Å². The highest BCUT2D eigenvalue weighted by Gasteiger charge is 2.07. The maximum atomic E-state index is 5.84. The van der Waals surface area contributed by atoms with E-state index in [0.717, 1.165) is 33.8 Å². The van der Waals surface area contributed by atoms with Crippen LogP contribution in [0.25, 0.3) is 22.3 Å². The fourth-order valence-corrected chi connectivity index (χ4v) is 2.07. The van der Waals surface area contributed by atoms with Gasteiger partial charge >= 0.3 is 0 Å². The summed E-state index contributed by atoms with van der Waals surface area (Å²) in [6, 6.07) is 15.6. The summed E-state index contributed by atoms with van der Waals surface area (Å²) in [4.78, 5) is 0. The van der Waals surface area contributed by atoms with Crippen LogP contribution >= 0.6 is 0 Å². The molecule has 3 heteroatoms. The van der Waals surface area contributed by atoms with Crippen molar-refractivity contribution in [2.45, 2.75) is 0 Å². The molecule has 0 saturated carbocycles. The van der Waals surface area contributed by atoms with E-state index in [9.17, 15) is 0 Å². The van der Waals surface area contributed by atoms with Gasteiger partial charge in [0.1, 0.15) is 22.8 Å². The predicted molar refractivity (Wildman–Crippen MR) is 74.8 cm³/mol. The summed E-state index contributed by atoms with van der Waals surface area (Å²) in [6.45, 7) is 0. The Morgan fingerprint density at radius 1 is 0.842 bits per heavy atom. The minimum absolute atomic E-state index is 0.815. The summed E-state index contributed by atoms with van der Waals surface area (Å²) >= 11 is 0. The predicted octanol–water partition coefficient (Wildman–Crippen LogP) is 4.12. The third kappa shape index (κ3) is 2.15. The third-order valence-corrected chi connectivity index (χ3v) is 3.08. The van der Waals surface area contributed by atoms with Gasteiger partial charge in [0.05, 0.1) is 14.2 Å². The van der Waals surface area contributed by atoms with E-state index in [4.69, 9.17) is 13.9 Å². The molecule has 0 amide bonds. The van der Waals surface area contributed by atoms with E-state index in [1.54, 1.807) is 14.2 Å². The Morgan fingerprint density at radius 2 is 1.63 bits per heavy atom. The molecule has 2 aromatic carbocycles. The summed E-state index contributed by atoms with van der Waals surface area (Å²) in [5.74, 6) is 2.46. The molecule has 0 spiro atoms. The van der Waals surface area contributed by atoms with Gasteiger partial charge < -0.3 is 13.9 Å². The van der Waals surface area contributed by atoms with Crippen molar-refractivity contribution < 1.29 is 13.9 Å². The molecule has 3 nitrogen and oxygen atoms in total. The maximum absolute atomic E-state index is 5.84. The largest absolute Gasteiger partial charge is 0.497 e. The molecule has 0 aliphatic carbocycles. The van der Waals surface area contributed by atoms with Crippen LogP contribution in [-0.2, 0) is 0 Å². The number of hydrogen-bond acceptors (Lipinski definition) is 3. The summed E-state index contributed by atoms with van der Waals surface area (Å²) in [7, 11) is 3.31. The number of benzene rings is 2. The highest BCUT2D eigenvalue weighted by molar-refractivity contribution is 5.84. The van der Waals surface area contributed by atoms with Crippen LogP contribution in [0.3, 0.4) is 0 Å². The van der Waals surface area contributed by atoms with Gasteiger partial charge in [0.2, 0.25) is 0 Å². The van der Waals surface area contributed by atoms with Gasteiger partial charge in [-0.15, -0.1) is 0 Å². The lowest BCUT2D eigenvalue weighted by Gasteiger charge is -2.01. The average Bonchev–Trinajstić information content (AvgIpc) is 2.90. The minimum atomic E-state index is 0.815. The van der Waals surface area contributed by atoms with Crippen LogP contribution in [0, 0.1) is 0 Å². The molecular formula is C16H14O3. The van der Waals surface area contributed by atoms with Gasteiger partial charge in [0.15, 0.2) is 0 Å². The molecule has 96 valence electrons. The number of furan rings is 1. The van der Waals surface area contributed by atoms with Crippen molar-refractivity contribution in [2.24, 2.45) is 0 Å². The normalized spacial score (nSPS) is 10.6. The average molecular weight is 254 g/mol. The van der Waals surface area contributed by atoms with Gasteiger partial charge in [-0.2, -0.15) is 0 Å². The van der Waals surface area contributed by atoms with Crippen molar-refractivity contribution in [3.05, 3.63) is 48.5 Å². The summed E-state index contributed by atoms with van der Waals surface area (Å²) < 4.78 is 16.3. The molecule has 0 aliphatic heterocycles. The molecule has 0 N–H and O–H groups in total. The molecule has 0 radical (unpaired) electrons. The molecule has 0 saturated heterocycles. The van der Waals surface area contributed by atoms with Crippen molar-refractivity contribution >= 4 is 11.0 Å². The first-order chi connectivity index (χ1) is 9.30. The Kier molecular flexibility index (Phi) is 2.88. The van der Waals surface area contributed by atoms with Crippen molar-refractivity contribution in [3.63, 3.8) is 0 Å². The van der Waals surface area contributed by atoms with E-state index >= 15 is 0 Å². The molecule has 1 heterocycles. The zero-order valence-corrected chi connectivity index (χ0v) is 10.8. The zero-order valence-electron chi connectivity index (χ0n) is 10.8. The van der Waals surface area contributed by atoms with E-state index < -0.39 is 0 Å². The molecule has 19 heavy (non-hydrogen) atoms. The van der Waals surface area contributed by atoms with Crippen molar-refractivity contribution in [3.8, 4) is 22.8 Å². The molecular weight excluding hydrogens is 240 g/mol. The Morgan fingerprint density at radius 3 is 2.42 bits per heavy atom. The van der Waals surface area contributed by atoms with E-state index in [0.29, 0.717) is 0 Å². The quantitative estimate of drug-likeness (QED) is 0.704. The molecule has 3 rings (SSSR count). The molecule has 0 unspecified atom stereocenters. The first kappa shape index (κ1) is 11.7. The van der Waals surface area contributed by atoms with E-state index in [1.807, 2.05) is 48.5 Å². The topological polar surface area (TPSA) is 31.6 Å². The second-order valence-electron chi connectivity index (χ2n) is 4.25. The second-order valence-corrected chi connectivity index (χ2v) is 4.25. The molecule has 0 bridgehead atoms. The molecule has 1 aromatic heterocycles. The molecule has 0 aliphatic rings. The van der Waals surface area contributed by atoms with Gasteiger partial charge in [-0.3, -0.25) is 0 Å². The van der Waals surface area contributed by atoms with Crippen LogP contribution in [0.1, 0.15) is 0 Å². The Hall–Kier alpha value is -2.42. The number of rotatable bonds is 3. The van der Waals surface area contributed by atoms with E-state index in [-0.39, 0.29) is 0 Å². The smallest absolute Gasteiger partial charge is 0.135 e. The number of fused-ring (bicyclic) bond motifs is 1. The first-order valence-electron chi connectivity index (χ1n) is 6.02. The lowest BCUT2D eigenvalue weighted by molar-refractivity contribution is 0.415. The van der Waals surface area contributed by atoms with Gasteiger partial charge in [-0.05, 0) is 36.4 Å². The fraction of sp³-hybridized carbons (Fsp3) is 0.125. The summed E-state index contributed by atoms with van der Waals surface area (Å²) in [5, 5.41) is 1.03. The lowest BCUT2D eigenvalue weighted by atomic mass is 10.1. The van der Waals surface area contributed by atoms with Gasteiger partial charge in [-0.1, -0.05) is 12.1 Å². The van der Waals surface area contributed by atoms with Crippen LogP contribution in [0.5, 0.6) is 11.5 Å². The van der Waals surface area contributed by atoms with Crippen LogP contribution in [0.15, 0.2) is 52.9 Å². The Bertz CT molecular complexity index is 713. The zero-order chi connectivity index (χ0) is 13.2. The lowest BCUT2D eigenvalue weighted by Crippen LogP contribution is -1.82. The van der Waals surface area contributed by atoms with E-state index in [1.165, 1.54) is 0 Å². The van der Waals surface area contributed by atoms with Crippen LogP contribution < -0.4 is 9.47 Å². The summed E-state index contributed by atoms with van der Waals surface area (Å²) in [5.41, 5.74) is 1.84. The van der Waals surface area contributed by atoms with Crippen molar-refractivity contribution in [2.75, 3.05) is 14.2 Å². The number of ether oxygens (including phenoxy) is 2. The number of hydrogen-bond donors (Lipinski definition) is 0. The van der Waals surface area contributed by atoms with Gasteiger partial charge in [0.25, 0.3) is 0 Å². The van der Waals surface area contributed by atoms with Crippen molar-refractivity contribution in [1.82, 2.24) is 0 Å². The third-order valence-electron chi connectivity index (χ3n) is 3.08. The minimum Gasteiger partial charge on any atom is -0.497 e. The summed E-state index contributed by atoms with van der Waals surface area (Å²) in [6.07, 6.45) is 0. The maximum Gasteiger partial charge on any atom is 0.135 e. The van der Waals surface area contributed by atoms with Gasteiger partial charge in [-0.25, -0.2) is 0 Å². The molecule has 0 atom stereocenters. The van der Waals surface area contributed by atoms with Crippen molar-refractivity contribution in [1.29, 1.82) is 0 Å². The highest BCUT2D eigenvalue weighted by Crippen LogP contribution is 2.31. The second kappa shape index (κ2) is 4.69. The first-order valence-corrected chi connectivity index (χ1v) is 6.02. The Labute approximate surface area is 111 Å². The molecule has 0 fully saturated rings. The number of methoxy groups -OCH3 is 2. The van der Waals surface area contributed by atoms with Crippen LogP contribution in [0.2, 0.25) is 0 Å². The Balaban J connectivity index is 2.09. The van der Waals surface area contributed by atoms with Crippen LogP contribution in [-0.4, -0.2) is 14.2 Å². The standard InChI is InChI=1S/C16H14O3/c1-17-13-5-3-4-11(8-13)16-10-12-9-14(18-2)6-7-15(12)19-16/h3-10H,1-2H3.